The number of amides is 5. The number of benzene rings is 3. The number of urea groups is 1. The summed E-state index contributed by atoms with van der Waals surface area (Å²) in [5, 5.41) is 14.2. The molecule has 5 amide bonds. The van der Waals surface area contributed by atoms with Gasteiger partial charge in [0, 0.05) is 24.3 Å². The standard InChI is InChI=1S/C32H28N4O8/c1-18(2)44-31(40)26-19(3)33-32(41)35(27(26)21-12-9-13-22(17-21)36(42)43)30(39)25(16-20-10-5-4-6-11-20)34-28(37)23-14-7-8-15-24(23)29(34)38/h4-15,17-18,25,27H,16H2,1-3H3,(H,33,41)/t25-,27-/m0/s1. The summed E-state index contributed by atoms with van der Waals surface area (Å²) in [5.41, 5.74) is 0.513. The van der Waals surface area contributed by atoms with Gasteiger partial charge in [0.05, 0.1) is 27.7 Å². The lowest BCUT2D eigenvalue weighted by molar-refractivity contribution is -0.384. The number of ether oxygens (including phenoxy) is 1. The van der Waals surface area contributed by atoms with E-state index in [1.165, 1.54) is 37.3 Å². The fourth-order valence-corrected chi connectivity index (χ4v) is 5.41. The van der Waals surface area contributed by atoms with Gasteiger partial charge in [-0.15, -0.1) is 0 Å². The van der Waals surface area contributed by atoms with Crippen LogP contribution in [0.4, 0.5) is 10.5 Å². The van der Waals surface area contributed by atoms with Crippen molar-refractivity contribution in [2.75, 3.05) is 0 Å². The summed E-state index contributed by atoms with van der Waals surface area (Å²) in [6, 6.07) is 16.1. The number of allylic oxidation sites excluding steroid dienone is 1. The molecule has 0 aliphatic carbocycles. The van der Waals surface area contributed by atoms with Gasteiger partial charge >= 0.3 is 12.0 Å². The van der Waals surface area contributed by atoms with Crippen LogP contribution >= 0.6 is 0 Å². The molecule has 0 spiro atoms. The molecule has 12 nitrogen and oxygen atoms in total. The smallest absolute Gasteiger partial charge is 0.338 e. The predicted molar refractivity (Wildman–Crippen MR) is 156 cm³/mol. The van der Waals surface area contributed by atoms with Crippen molar-refractivity contribution >= 4 is 35.4 Å². The van der Waals surface area contributed by atoms with Crippen LogP contribution in [-0.4, -0.2) is 56.6 Å². The summed E-state index contributed by atoms with van der Waals surface area (Å²) in [5.74, 6) is -3.25. The summed E-state index contributed by atoms with van der Waals surface area (Å²) in [6.45, 7) is 4.70. The van der Waals surface area contributed by atoms with Gasteiger partial charge < -0.3 is 10.1 Å². The highest BCUT2D eigenvalue weighted by atomic mass is 16.6. The minimum absolute atomic E-state index is 0.0817. The van der Waals surface area contributed by atoms with Crippen molar-refractivity contribution in [3.05, 3.63) is 123 Å². The Kier molecular flexibility index (Phi) is 8.08. The first-order valence-electron chi connectivity index (χ1n) is 13.8. The molecule has 224 valence electrons. The number of hydrogen-bond donors (Lipinski definition) is 1. The number of nitrogens with zero attached hydrogens (tertiary/aromatic N) is 3. The number of carbonyl (C=O) groups is 5. The normalized spacial score (nSPS) is 17.0. The Labute approximate surface area is 252 Å². The van der Waals surface area contributed by atoms with E-state index in [4.69, 9.17) is 4.74 Å². The Balaban J connectivity index is 1.67. The van der Waals surface area contributed by atoms with Crippen molar-refractivity contribution in [3.8, 4) is 0 Å². The van der Waals surface area contributed by atoms with Gasteiger partial charge in [0.2, 0.25) is 0 Å². The van der Waals surface area contributed by atoms with Gasteiger partial charge in [-0.2, -0.15) is 0 Å². The third kappa shape index (κ3) is 5.44. The predicted octanol–water partition coefficient (Wildman–Crippen LogP) is 4.32. The van der Waals surface area contributed by atoms with E-state index in [2.05, 4.69) is 5.32 Å². The van der Waals surface area contributed by atoms with Crippen LogP contribution in [0.15, 0.2) is 90.1 Å². The first-order valence-corrected chi connectivity index (χ1v) is 13.8. The van der Waals surface area contributed by atoms with E-state index in [1.54, 1.807) is 56.3 Å². The zero-order valence-corrected chi connectivity index (χ0v) is 24.1. The van der Waals surface area contributed by atoms with Gasteiger partial charge in [0.1, 0.15) is 12.1 Å². The molecule has 3 aromatic carbocycles. The first-order chi connectivity index (χ1) is 21.0. The fourth-order valence-electron chi connectivity index (χ4n) is 5.41. The molecule has 12 heteroatoms. The molecular weight excluding hydrogens is 568 g/mol. The number of rotatable bonds is 8. The summed E-state index contributed by atoms with van der Waals surface area (Å²) in [7, 11) is 0. The number of non-ortho nitro benzene ring substituents is 1. The van der Waals surface area contributed by atoms with Crippen molar-refractivity contribution in [1.29, 1.82) is 0 Å². The van der Waals surface area contributed by atoms with E-state index in [9.17, 15) is 34.1 Å². The topological polar surface area (TPSA) is 156 Å². The summed E-state index contributed by atoms with van der Waals surface area (Å²) in [6.07, 6.45) is -0.718. The number of nitro groups is 1. The van der Waals surface area contributed by atoms with Crippen molar-refractivity contribution < 1.29 is 33.6 Å². The van der Waals surface area contributed by atoms with Crippen molar-refractivity contribution in [2.45, 2.75) is 45.4 Å². The van der Waals surface area contributed by atoms with E-state index < -0.39 is 52.8 Å². The zero-order chi connectivity index (χ0) is 31.7. The van der Waals surface area contributed by atoms with Crippen LogP contribution in [0.1, 0.15) is 58.7 Å². The molecule has 0 aromatic heterocycles. The lowest BCUT2D eigenvalue weighted by Crippen LogP contribution is -2.58. The molecule has 3 aromatic rings. The van der Waals surface area contributed by atoms with Crippen molar-refractivity contribution in [2.24, 2.45) is 0 Å². The Bertz CT molecular complexity index is 1700. The molecule has 2 aliphatic heterocycles. The minimum Gasteiger partial charge on any atom is -0.459 e. The van der Waals surface area contributed by atoms with Gasteiger partial charge in [-0.05, 0) is 44.0 Å². The lowest BCUT2D eigenvalue weighted by atomic mass is 9.92. The Hall–Kier alpha value is -5.65. The number of carbonyl (C=O) groups excluding carboxylic acids is 5. The molecule has 1 N–H and O–H groups in total. The second-order valence-corrected chi connectivity index (χ2v) is 10.6. The van der Waals surface area contributed by atoms with Crippen molar-refractivity contribution in [1.82, 2.24) is 15.1 Å². The molecular formula is C32H28N4O8. The Morgan fingerprint density at radius 1 is 0.932 bits per heavy atom. The third-order valence-corrected chi connectivity index (χ3v) is 7.34. The average molecular weight is 597 g/mol. The zero-order valence-electron chi connectivity index (χ0n) is 24.1. The number of imide groups is 2. The number of esters is 1. The molecule has 0 bridgehead atoms. The first kappa shape index (κ1) is 29.8. The largest absolute Gasteiger partial charge is 0.459 e. The highest BCUT2D eigenvalue weighted by molar-refractivity contribution is 6.23. The Morgan fingerprint density at radius 3 is 2.14 bits per heavy atom. The van der Waals surface area contributed by atoms with Crippen LogP contribution in [-0.2, 0) is 20.7 Å². The molecule has 0 radical (unpaired) electrons. The van der Waals surface area contributed by atoms with E-state index in [0.29, 0.717) is 5.56 Å². The maximum atomic E-state index is 14.7. The van der Waals surface area contributed by atoms with E-state index in [1.807, 2.05) is 0 Å². The minimum atomic E-state index is -1.52. The Morgan fingerprint density at radius 2 is 1.55 bits per heavy atom. The molecule has 0 unspecified atom stereocenters. The molecule has 44 heavy (non-hydrogen) atoms. The van der Waals surface area contributed by atoms with Crippen LogP contribution in [0.3, 0.4) is 0 Å². The van der Waals surface area contributed by atoms with E-state index in [0.717, 1.165) is 15.9 Å². The molecule has 2 aliphatic rings. The van der Waals surface area contributed by atoms with E-state index >= 15 is 0 Å². The second kappa shape index (κ2) is 11.9. The lowest BCUT2D eigenvalue weighted by Gasteiger charge is -2.39. The fraction of sp³-hybridized carbons (Fsp3) is 0.219. The van der Waals surface area contributed by atoms with Crippen LogP contribution < -0.4 is 5.32 Å². The summed E-state index contributed by atoms with van der Waals surface area (Å²) >= 11 is 0. The monoisotopic (exact) mass is 596 g/mol. The van der Waals surface area contributed by atoms with Crippen molar-refractivity contribution in [3.63, 3.8) is 0 Å². The molecule has 5 rings (SSSR count). The SMILES string of the molecule is CC1=C(C(=O)OC(C)C)[C@H](c2cccc([N+](=O)[O-])c2)N(C(=O)[C@H](Cc2ccccc2)N2C(=O)c3ccccc3C2=O)C(=O)N1. The van der Waals surface area contributed by atoms with Crippen LogP contribution in [0.2, 0.25) is 0 Å². The van der Waals surface area contributed by atoms with Gasteiger partial charge in [0.25, 0.3) is 23.4 Å². The number of hydrogen-bond acceptors (Lipinski definition) is 8. The third-order valence-electron chi connectivity index (χ3n) is 7.34. The van der Waals surface area contributed by atoms with Gasteiger partial charge in [-0.25, -0.2) is 9.59 Å². The van der Waals surface area contributed by atoms with Gasteiger partial charge in [-0.1, -0.05) is 54.6 Å². The molecule has 2 atom stereocenters. The highest BCUT2D eigenvalue weighted by Crippen LogP contribution is 2.38. The number of fused-ring (bicyclic) bond motifs is 1. The summed E-state index contributed by atoms with van der Waals surface area (Å²) < 4.78 is 5.45. The van der Waals surface area contributed by atoms with Crippen LogP contribution in [0.5, 0.6) is 0 Å². The quantitative estimate of drug-likeness (QED) is 0.174. The maximum absolute atomic E-state index is 14.7. The molecule has 2 heterocycles. The van der Waals surface area contributed by atoms with E-state index in [-0.39, 0.29) is 40.1 Å². The maximum Gasteiger partial charge on any atom is 0.338 e. The van der Waals surface area contributed by atoms with Crippen LogP contribution in [0.25, 0.3) is 0 Å². The van der Waals surface area contributed by atoms with Gasteiger partial charge in [0.15, 0.2) is 0 Å². The number of nitrogens with one attached hydrogen (secondary N) is 1. The van der Waals surface area contributed by atoms with Gasteiger partial charge in [-0.3, -0.25) is 34.3 Å². The second-order valence-electron chi connectivity index (χ2n) is 10.6. The van der Waals surface area contributed by atoms with Crippen LogP contribution in [0, 0.1) is 10.1 Å². The molecule has 0 fully saturated rings. The highest BCUT2D eigenvalue weighted by Gasteiger charge is 2.49. The molecule has 0 saturated carbocycles. The number of nitro benzene ring substituents is 1. The summed E-state index contributed by atoms with van der Waals surface area (Å²) in [4.78, 5) is 81.6. The molecule has 0 saturated heterocycles. The average Bonchev–Trinajstić information content (AvgIpc) is 3.24.